The van der Waals surface area contributed by atoms with E-state index in [2.05, 4.69) is 23.5 Å². The van der Waals surface area contributed by atoms with Crippen LogP contribution in [0.1, 0.15) is 56.5 Å². The molecule has 0 saturated heterocycles. The lowest BCUT2D eigenvalue weighted by atomic mass is 9.71. The highest BCUT2D eigenvalue weighted by Gasteiger charge is 2.45. The summed E-state index contributed by atoms with van der Waals surface area (Å²) in [4.78, 5) is 11.3. The summed E-state index contributed by atoms with van der Waals surface area (Å²) >= 11 is 1.53. The van der Waals surface area contributed by atoms with Crippen molar-refractivity contribution in [3.05, 3.63) is 16.0 Å². The zero-order valence-electron chi connectivity index (χ0n) is 13.0. The number of rotatable bonds is 1. The Labute approximate surface area is 129 Å². The minimum Gasteiger partial charge on any atom is -0.389 e. The van der Waals surface area contributed by atoms with Gasteiger partial charge in [0.1, 0.15) is 16.9 Å². The maximum Gasteiger partial charge on any atom is 0.186 e. The molecule has 1 aliphatic carbocycles. The Kier molecular flexibility index (Phi) is 4.55. The van der Waals surface area contributed by atoms with Gasteiger partial charge < -0.3 is 5.73 Å². The SMILES string of the molecule is CC.CC1=NC(C2(C)CCCc3sc(N)c(C#N)c32)ON1. The van der Waals surface area contributed by atoms with Crippen LogP contribution in [0, 0.1) is 11.3 Å². The molecule has 0 spiro atoms. The first-order valence-electron chi connectivity index (χ1n) is 7.34. The van der Waals surface area contributed by atoms with E-state index in [1.54, 1.807) is 0 Å². The highest BCUT2D eigenvalue weighted by molar-refractivity contribution is 7.16. The molecule has 21 heavy (non-hydrogen) atoms. The predicted octanol–water partition coefficient (Wildman–Crippen LogP) is 3.10. The molecule has 0 fully saturated rings. The first-order valence-corrected chi connectivity index (χ1v) is 8.15. The Balaban J connectivity index is 0.000000774. The summed E-state index contributed by atoms with van der Waals surface area (Å²) in [6.07, 6.45) is 2.73. The second-order valence-electron chi connectivity index (χ2n) is 5.31. The fraction of sp³-hybridized carbons (Fsp3) is 0.600. The standard InChI is InChI=1S/C13H16N4OS.C2H6/c1-7-16-12(18-17-7)13(2)5-3-4-9-10(13)8(6-14)11(15)19-9;1-2/h12H,3-5,15H2,1-2H3,(H,16,17);1-2H3. The van der Waals surface area contributed by atoms with Crippen LogP contribution in [0.3, 0.4) is 0 Å². The van der Waals surface area contributed by atoms with Crippen molar-refractivity contribution in [3.8, 4) is 6.07 Å². The van der Waals surface area contributed by atoms with Gasteiger partial charge in [0, 0.05) is 10.3 Å². The highest BCUT2D eigenvalue weighted by atomic mass is 32.1. The van der Waals surface area contributed by atoms with Gasteiger partial charge in [-0.25, -0.2) is 9.83 Å². The van der Waals surface area contributed by atoms with Crippen LogP contribution in [0.25, 0.3) is 0 Å². The van der Waals surface area contributed by atoms with Crippen LogP contribution >= 0.6 is 11.3 Å². The van der Waals surface area contributed by atoms with Gasteiger partial charge in [0.2, 0.25) is 0 Å². The molecule has 0 amide bonds. The maximum atomic E-state index is 9.37. The molecule has 3 N–H and O–H groups in total. The Hall–Kier alpha value is -1.58. The number of nitrogen functional groups attached to an aromatic ring is 1. The summed E-state index contributed by atoms with van der Waals surface area (Å²) in [5.74, 6) is 0.778. The van der Waals surface area contributed by atoms with Crippen LogP contribution in [-0.4, -0.2) is 12.1 Å². The minimum absolute atomic E-state index is 0.280. The zero-order valence-corrected chi connectivity index (χ0v) is 13.8. The number of anilines is 1. The topological polar surface area (TPSA) is 83.4 Å². The summed E-state index contributed by atoms with van der Waals surface area (Å²) in [6, 6.07) is 2.25. The van der Waals surface area contributed by atoms with E-state index in [4.69, 9.17) is 10.6 Å². The van der Waals surface area contributed by atoms with Gasteiger partial charge in [-0.05, 0) is 31.7 Å². The van der Waals surface area contributed by atoms with Gasteiger partial charge in [0.05, 0.1) is 5.56 Å². The van der Waals surface area contributed by atoms with E-state index in [9.17, 15) is 5.26 Å². The number of amidine groups is 1. The molecule has 114 valence electrons. The maximum absolute atomic E-state index is 9.37. The second kappa shape index (κ2) is 6.04. The molecule has 5 nitrogen and oxygen atoms in total. The molecule has 1 aromatic rings. The average molecular weight is 306 g/mol. The molecule has 0 aromatic carbocycles. The zero-order chi connectivity index (χ0) is 15.6. The van der Waals surface area contributed by atoms with Gasteiger partial charge in [0.15, 0.2) is 6.23 Å². The van der Waals surface area contributed by atoms with Crippen molar-refractivity contribution in [2.24, 2.45) is 4.99 Å². The van der Waals surface area contributed by atoms with E-state index >= 15 is 0 Å². The number of nitrogens with two attached hydrogens (primary N) is 1. The fourth-order valence-electron chi connectivity index (χ4n) is 3.02. The number of hydrogen-bond donors (Lipinski definition) is 2. The van der Waals surface area contributed by atoms with Crippen molar-refractivity contribution in [3.63, 3.8) is 0 Å². The highest BCUT2D eigenvalue weighted by Crippen LogP contribution is 2.48. The Morgan fingerprint density at radius 1 is 1.52 bits per heavy atom. The quantitative estimate of drug-likeness (QED) is 0.835. The summed E-state index contributed by atoms with van der Waals surface area (Å²) in [6.45, 7) is 7.99. The number of fused-ring (bicyclic) bond motifs is 1. The van der Waals surface area contributed by atoms with Crippen LogP contribution in [0.15, 0.2) is 4.99 Å². The largest absolute Gasteiger partial charge is 0.389 e. The van der Waals surface area contributed by atoms with Gasteiger partial charge in [-0.1, -0.05) is 20.8 Å². The first kappa shape index (κ1) is 15.8. The fourth-order valence-corrected chi connectivity index (χ4v) is 4.22. The molecular weight excluding hydrogens is 284 g/mol. The number of aliphatic imine (C=N–C) groups is 1. The number of aryl methyl sites for hydroxylation is 1. The Morgan fingerprint density at radius 2 is 2.24 bits per heavy atom. The molecule has 2 unspecified atom stereocenters. The van der Waals surface area contributed by atoms with E-state index < -0.39 is 0 Å². The lowest BCUT2D eigenvalue weighted by Gasteiger charge is -2.36. The number of nitrogens with one attached hydrogen (secondary N) is 1. The average Bonchev–Trinajstić information content (AvgIpc) is 3.05. The molecule has 2 heterocycles. The number of hydrogen-bond acceptors (Lipinski definition) is 6. The monoisotopic (exact) mass is 306 g/mol. The van der Waals surface area contributed by atoms with Gasteiger partial charge in [-0.2, -0.15) is 5.26 Å². The predicted molar refractivity (Wildman–Crippen MR) is 86.2 cm³/mol. The van der Waals surface area contributed by atoms with Crippen molar-refractivity contribution in [2.75, 3.05) is 5.73 Å². The number of thiophene rings is 1. The van der Waals surface area contributed by atoms with Gasteiger partial charge >= 0.3 is 0 Å². The molecule has 2 atom stereocenters. The molecule has 2 aliphatic rings. The number of nitriles is 1. The normalized spacial score (nSPS) is 26.8. The van der Waals surface area contributed by atoms with Gasteiger partial charge in [-0.15, -0.1) is 11.3 Å². The van der Waals surface area contributed by atoms with E-state index in [1.807, 2.05) is 20.8 Å². The van der Waals surface area contributed by atoms with Crippen molar-refractivity contribution >= 4 is 22.2 Å². The van der Waals surface area contributed by atoms with Gasteiger partial charge in [-0.3, -0.25) is 5.48 Å². The molecule has 6 heteroatoms. The molecule has 1 aliphatic heterocycles. The van der Waals surface area contributed by atoms with E-state index in [0.717, 1.165) is 30.7 Å². The molecular formula is C15H22N4OS. The van der Waals surface area contributed by atoms with Crippen LogP contribution in [-0.2, 0) is 16.7 Å². The Bertz CT molecular complexity index is 602. The lowest BCUT2D eigenvalue weighted by molar-refractivity contribution is -0.0146. The Morgan fingerprint density at radius 3 is 2.81 bits per heavy atom. The van der Waals surface area contributed by atoms with Crippen molar-refractivity contribution < 1.29 is 4.84 Å². The molecule has 3 rings (SSSR count). The molecule has 1 aromatic heterocycles. The van der Waals surface area contributed by atoms with Gasteiger partial charge in [0.25, 0.3) is 0 Å². The minimum atomic E-state index is -0.285. The summed E-state index contributed by atoms with van der Waals surface area (Å²) in [7, 11) is 0. The summed E-state index contributed by atoms with van der Waals surface area (Å²) in [5, 5.41) is 9.99. The van der Waals surface area contributed by atoms with Crippen LogP contribution in [0.5, 0.6) is 0 Å². The van der Waals surface area contributed by atoms with Crippen molar-refractivity contribution in [1.82, 2.24) is 5.48 Å². The number of nitrogens with zero attached hydrogens (tertiary/aromatic N) is 2. The third-order valence-electron chi connectivity index (χ3n) is 3.97. The van der Waals surface area contributed by atoms with Crippen LogP contribution in [0.2, 0.25) is 0 Å². The van der Waals surface area contributed by atoms with Crippen LogP contribution < -0.4 is 11.2 Å². The first-order chi connectivity index (χ1) is 10.1. The second-order valence-corrected chi connectivity index (χ2v) is 6.45. The third kappa shape index (κ3) is 2.52. The van der Waals surface area contributed by atoms with E-state index in [-0.39, 0.29) is 11.6 Å². The smallest absolute Gasteiger partial charge is 0.186 e. The summed E-state index contributed by atoms with van der Waals surface area (Å²) < 4.78 is 0. The molecule has 0 bridgehead atoms. The molecule has 0 radical (unpaired) electrons. The number of hydroxylamine groups is 1. The van der Waals surface area contributed by atoms with Crippen LogP contribution in [0.4, 0.5) is 5.00 Å². The van der Waals surface area contributed by atoms with E-state index in [0.29, 0.717) is 10.6 Å². The third-order valence-corrected chi connectivity index (χ3v) is 5.04. The summed E-state index contributed by atoms with van der Waals surface area (Å²) in [5.41, 5.74) is 10.2. The lowest BCUT2D eigenvalue weighted by Crippen LogP contribution is -2.40. The van der Waals surface area contributed by atoms with Crippen molar-refractivity contribution in [2.45, 2.75) is 58.6 Å². The van der Waals surface area contributed by atoms with E-state index in [1.165, 1.54) is 16.2 Å². The van der Waals surface area contributed by atoms with Crippen molar-refractivity contribution in [1.29, 1.82) is 5.26 Å². The molecule has 0 saturated carbocycles.